The summed E-state index contributed by atoms with van der Waals surface area (Å²) in [4.78, 5) is 2.69. The van der Waals surface area contributed by atoms with Crippen molar-refractivity contribution >= 4 is 0 Å². The van der Waals surface area contributed by atoms with Crippen molar-refractivity contribution in [1.82, 2.24) is 10.2 Å². The number of likely N-dealkylation sites (tertiary alicyclic amines) is 1. The molecule has 2 fully saturated rings. The second-order valence-corrected chi connectivity index (χ2v) is 5.80. The molecule has 2 aliphatic rings. The molecule has 2 unspecified atom stereocenters. The predicted molar refractivity (Wildman–Crippen MR) is 71.1 cm³/mol. The minimum absolute atomic E-state index is 0.354. The average molecular weight is 240 g/mol. The molecule has 0 amide bonds. The molecule has 1 aliphatic heterocycles. The molecule has 100 valence electrons. The number of nitrogens with zero attached hydrogens (tertiary/aromatic N) is 1. The fourth-order valence-electron chi connectivity index (χ4n) is 3.06. The Balaban J connectivity index is 1.80. The lowest BCUT2D eigenvalue weighted by Gasteiger charge is -2.38. The number of hydrogen-bond donors (Lipinski definition) is 2. The zero-order valence-corrected chi connectivity index (χ0v) is 11.2. The summed E-state index contributed by atoms with van der Waals surface area (Å²) in [5, 5.41) is 12.6. The van der Waals surface area contributed by atoms with Crippen LogP contribution in [0.15, 0.2) is 0 Å². The maximum atomic E-state index is 8.96. The van der Waals surface area contributed by atoms with Crippen molar-refractivity contribution < 1.29 is 5.11 Å². The van der Waals surface area contributed by atoms with Crippen LogP contribution in [0.5, 0.6) is 0 Å². The van der Waals surface area contributed by atoms with Crippen LogP contribution in [0.2, 0.25) is 0 Å². The molecular weight excluding hydrogens is 212 g/mol. The van der Waals surface area contributed by atoms with Gasteiger partial charge >= 0.3 is 0 Å². The van der Waals surface area contributed by atoms with Gasteiger partial charge in [-0.05, 0) is 51.0 Å². The van der Waals surface area contributed by atoms with Gasteiger partial charge in [0.25, 0.3) is 0 Å². The van der Waals surface area contributed by atoms with Gasteiger partial charge in [0.2, 0.25) is 0 Å². The van der Waals surface area contributed by atoms with E-state index in [9.17, 15) is 0 Å². The number of piperidine rings is 1. The molecular formula is C14H28N2O. The quantitative estimate of drug-likeness (QED) is 0.710. The molecule has 3 nitrogen and oxygen atoms in total. The Hall–Kier alpha value is -0.120. The van der Waals surface area contributed by atoms with Gasteiger partial charge in [-0.15, -0.1) is 0 Å². The molecule has 0 bridgehead atoms. The summed E-state index contributed by atoms with van der Waals surface area (Å²) in [7, 11) is 0. The van der Waals surface area contributed by atoms with Crippen molar-refractivity contribution in [2.75, 3.05) is 26.2 Å². The highest BCUT2D eigenvalue weighted by Gasteiger charge is 2.35. The Kier molecular flexibility index (Phi) is 5.26. The van der Waals surface area contributed by atoms with Crippen LogP contribution >= 0.6 is 0 Å². The highest BCUT2D eigenvalue weighted by atomic mass is 16.2. The maximum Gasteiger partial charge on any atom is 0.0431 e. The predicted octanol–water partition coefficient (Wildman–Crippen LogP) is 1.61. The van der Waals surface area contributed by atoms with Gasteiger partial charge in [-0.25, -0.2) is 0 Å². The second kappa shape index (κ2) is 6.72. The molecule has 2 rings (SSSR count). The maximum absolute atomic E-state index is 8.96. The van der Waals surface area contributed by atoms with Gasteiger partial charge in [0.05, 0.1) is 0 Å². The third-order valence-corrected chi connectivity index (χ3v) is 4.08. The van der Waals surface area contributed by atoms with E-state index in [0.29, 0.717) is 12.6 Å². The van der Waals surface area contributed by atoms with E-state index >= 15 is 0 Å². The molecule has 3 heteroatoms. The summed E-state index contributed by atoms with van der Waals surface area (Å²) < 4.78 is 0. The van der Waals surface area contributed by atoms with Crippen LogP contribution in [-0.4, -0.2) is 48.3 Å². The SMILES string of the molecule is CCCNC1CC(CCCO)CN(C2CC2)C1. The Morgan fingerprint density at radius 2 is 2.12 bits per heavy atom. The molecule has 0 aromatic heterocycles. The number of hydrogen-bond acceptors (Lipinski definition) is 3. The highest BCUT2D eigenvalue weighted by molar-refractivity contribution is 4.92. The molecule has 0 spiro atoms. The molecule has 1 aliphatic carbocycles. The lowest BCUT2D eigenvalue weighted by atomic mass is 9.90. The van der Waals surface area contributed by atoms with E-state index in [4.69, 9.17) is 5.11 Å². The Bertz CT molecular complexity index is 202. The lowest BCUT2D eigenvalue weighted by molar-refractivity contribution is 0.123. The summed E-state index contributed by atoms with van der Waals surface area (Å²) in [6.45, 7) is 6.26. The zero-order valence-electron chi connectivity index (χ0n) is 11.2. The van der Waals surface area contributed by atoms with E-state index in [1.54, 1.807) is 0 Å². The molecule has 2 atom stereocenters. The smallest absolute Gasteiger partial charge is 0.0431 e. The van der Waals surface area contributed by atoms with Crippen LogP contribution < -0.4 is 5.32 Å². The normalized spacial score (nSPS) is 30.7. The van der Waals surface area contributed by atoms with E-state index in [1.807, 2.05) is 0 Å². The lowest BCUT2D eigenvalue weighted by Crippen LogP contribution is -2.50. The fraction of sp³-hybridized carbons (Fsp3) is 1.00. The summed E-state index contributed by atoms with van der Waals surface area (Å²) in [6.07, 6.45) is 7.53. The second-order valence-electron chi connectivity index (χ2n) is 5.80. The van der Waals surface area contributed by atoms with Crippen molar-refractivity contribution in [3.05, 3.63) is 0 Å². The van der Waals surface area contributed by atoms with Gasteiger partial charge in [-0.3, -0.25) is 4.90 Å². The van der Waals surface area contributed by atoms with E-state index in [2.05, 4.69) is 17.1 Å². The van der Waals surface area contributed by atoms with E-state index in [-0.39, 0.29) is 0 Å². The van der Waals surface area contributed by atoms with Crippen molar-refractivity contribution in [1.29, 1.82) is 0 Å². The van der Waals surface area contributed by atoms with Gasteiger partial charge in [0.15, 0.2) is 0 Å². The van der Waals surface area contributed by atoms with Crippen molar-refractivity contribution in [2.45, 2.75) is 57.5 Å². The zero-order chi connectivity index (χ0) is 12.1. The first-order valence-corrected chi connectivity index (χ1v) is 7.41. The summed E-state index contributed by atoms with van der Waals surface area (Å²) in [5.41, 5.74) is 0. The standard InChI is InChI=1S/C14H28N2O/c1-2-7-15-13-9-12(4-3-8-17)10-16(11-13)14-5-6-14/h12-15,17H,2-11H2,1H3. The summed E-state index contributed by atoms with van der Waals surface area (Å²) in [6, 6.07) is 1.57. The minimum Gasteiger partial charge on any atom is -0.396 e. The largest absolute Gasteiger partial charge is 0.396 e. The van der Waals surface area contributed by atoms with Gasteiger partial charge in [0, 0.05) is 31.8 Å². The molecule has 17 heavy (non-hydrogen) atoms. The molecule has 2 N–H and O–H groups in total. The number of aliphatic hydroxyl groups excluding tert-OH is 1. The van der Waals surface area contributed by atoms with Crippen molar-refractivity contribution in [2.24, 2.45) is 5.92 Å². The average Bonchev–Trinajstić information content (AvgIpc) is 3.18. The molecule has 0 aromatic carbocycles. The third-order valence-electron chi connectivity index (χ3n) is 4.08. The molecule has 0 radical (unpaired) electrons. The minimum atomic E-state index is 0.354. The Morgan fingerprint density at radius 1 is 1.29 bits per heavy atom. The first kappa shape index (κ1) is 13.3. The van der Waals surface area contributed by atoms with Crippen molar-refractivity contribution in [3.63, 3.8) is 0 Å². The third kappa shape index (κ3) is 4.23. The highest BCUT2D eigenvalue weighted by Crippen LogP contribution is 2.32. The summed E-state index contributed by atoms with van der Waals surface area (Å²) in [5.74, 6) is 0.797. The number of rotatable bonds is 7. The fourth-order valence-corrected chi connectivity index (χ4v) is 3.06. The number of aliphatic hydroxyl groups is 1. The van der Waals surface area contributed by atoms with Gasteiger partial charge in [-0.2, -0.15) is 0 Å². The van der Waals surface area contributed by atoms with Gasteiger partial charge < -0.3 is 10.4 Å². The van der Waals surface area contributed by atoms with Gasteiger partial charge in [-0.1, -0.05) is 6.92 Å². The summed E-state index contributed by atoms with van der Waals surface area (Å²) >= 11 is 0. The van der Waals surface area contributed by atoms with Crippen LogP contribution in [-0.2, 0) is 0 Å². The first-order chi connectivity index (χ1) is 8.33. The van der Waals surface area contributed by atoms with Crippen LogP contribution in [0.25, 0.3) is 0 Å². The van der Waals surface area contributed by atoms with E-state index in [1.165, 1.54) is 45.2 Å². The van der Waals surface area contributed by atoms with E-state index < -0.39 is 0 Å². The van der Waals surface area contributed by atoms with Crippen molar-refractivity contribution in [3.8, 4) is 0 Å². The van der Waals surface area contributed by atoms with Crippen LogP contribution in [0.4, 0.5) is 0 Å². The molecule has 1 heterocycles. The number of nitrogens with one attached hydrogen (secondary N) is 1. The van der Waals surface area contributed by atoms with Crippen LogP contribution in [0.3, 0.4) is 0 Å². The van der Waals surface area contributed by atoms with E-state index in [0.717, 1.165) is 24.9 Å². The molecule has 0 aromatic rings. The Labute approximate surface area is 106 Å². The molecule has 1 saturated heterocycles. The van der Waals surface area contributed by atoms with Crippen LogP contribution in [0, 0.1) is 5.92 Å². The topological polar surface area (TPSA) is 35.5 Å². The molecule has 1 saturated carbocycles. The first-order valence-electron chi connectivity index (χ1n) is 7.41. The monoisotopic (exact) mass is 240 g/mol. The van der Waals surface area contributed by atoms with Crippen LogP contribution in [0.1, 0.15) is 45.4 Å². The Morgan fingerprint density at radius 3 is 2.76 bits per heavy atom. The van der Waals surface area contributed by atoms with Gasteiger partial charge in [0.1, 0.15) is 0 Å².